The van der Waals surface area contributed by atoms with Crippen LogP contribution in [0.1, 0.15) is 25.7 Å². The van der Waals surface area contributed by atoms with E-state index in [0.29, 0.717) is 19.1 Å². The molecule has 2 heterocycles. The lowest BCUT2D eigenvalue weighted by atomic mass is 10.1. The zero-order chi connectivity index (χ0) is 12.6. The van der Waals surface area contributed by atoms with E-state index in [9.17, 15) is 4.79 Å². The lowest BCUT2D eigenvalue weighted by Gasteiger charge is -2.35. The van der Waals surface area contributed by atoms with Gasteiger partial charge in [0.2, 0.25) is 5.91 Å². The van der Waals surface area contributed by atoms with Crippen LogP contribution in [0.15, 0.2) is 0 Å². The molecule has 5 nitrogen and oxygen atoms in total. The largest absolute Gasteiger partial charge is 0.373 e. The van der Waals surface area contributed by atoms with Crippen LogP contribution in [-0.4, -0.2) is 55.7 Å². The molecule has 0 spiro atoms. The number of morpholine rings is 1. The summed E-state index contributed by atoms with van der Waals surface area (Å²) in [6, 6.07) is 0.621. The fourth-order valence-corrected chi connectivity index (χ4v) is 3.08. The molecule has 3 fully saturated rings. The summed E-state index contributed by atoms with van der Waals surface area (Å²) < 4.78 is 5.82. The van der Waals surface area contributed by atoms with Crippen molar-refractivity contribution in [3.63, 3.8) is 0 Å². The number of nitrogens with two attached hydrogens (primary N) is 1. The molecule has 1 aliphatic carbocycles. The molecule has 1 saturated carbocycles. The Morgan fingerprint density at radius 1 is 1.50 bits per heavy atom. The van der Waals surface area contributed by atoms with Gasteiger partial charge >= 0.3 is 0 Å². The molecule has 1 amide bonds. The lowest BCUT2D eigenvalue weighted by molar-refractivity contribution is -0.127. The molecule has 0 aromatic rings. The Morgan fingerprint density at radius 3 is 3.06 bits per heavy atom. The van der Waals surface area contributed by atoms with E-state index < -0.39 is 0 Å². The summed E-state index contributed by atoms with van der Waals surface area (Å²) in [5, 5.41) is 3.02. The van der Waals surface area contributed by atoms with Crippen LogP contribution in [0.3, 0.4) is 0 Å². The average Bonchev–Trinajstić information content (AvgIpc) is 3.07. The fraction of sp³-hybridized carbons (Fsp3) is 0.923. The standard InChI is InChI=1S/C13H23N3O2/c14-9-13(3-4-13)12(17)15-6-11-7-16-5-1-2-10(16)8-18-11/h10-11H,1-9,14H2,(H,15,17). The van der Waals surface area contributed by atoms with Crippen molar-refractivity contribution in [3.8, 4) is 0 Å². The minimum Gasteiger partial charge on any atom is -0.373 e. The van der Waals surface area contributed by atoms with E-state index in [1.165, 1.54) is 19.4 Å². The maximum absolute atomic E-state index is 12.0. The normalized spacial score (nSPS) is 34.1. The van der Waals surface area contributed by atoms with Crippen molar-refractivity contribution in [1.82, 2.24) is 10.2 Å². The second kappa shape index (κ2) is 4.79. The summed E-state index contributed by atoms with van der Waals surface area (Å²) in [6.45, 7) is 4.07. The SMILES string of the molecule is NCC1(C(=O)NCC2CN3CCCC3CO2)CC1. The predicted octanol–water partition coefficient (Wildman–Crippen LogP) is -0.295. The number of hydrogen-bond donors (Lipinski definition) is 2. The van der Waals surface area contributed by atoms with E-state index in [4.69, 9.17) is 10.5 Å². The van der Waals surface area contributed by atoms with Gasteiger partial charge in [0.05, 0.1) is 18.1 Å². The maximum atomic E-state index is 12.0. The van der Waals surface area contributed by atoms with Crippen molar-refractivity contribution >= 4 is 5.91 Å². The number of amides is 1. The highest BCUT2D eigenvalue weighted by molar-refractivity contribution is 5.85. The smallest absolute Gasteiger partial charge is 0.227 e. The maximum Gasteiger partial charge on any atom is 0.227 e. The minimum absolute atomic E-state index is 0.122. The van der Waals surface area contributed by atoms with E-state index in [-0.39, 0.29) is 17.4 Å². The van der Waals surface area contributed by atoms with Crippen LogP contribution in [0.5, 0.6) is 0 Å². The number of carbonyl (C=O) groups is 1. The third-order valence-corrected chi connectivity index (χ3v) is 4.68. The first-order chi connectivity index (χ1) is 8.73. The molecule has 2 atom stereocenters. The third-order valence-electron chi connectivity index (χ3n) is 4.68. The van der Waals surface area contributed by atoms with Crippen LogP contribution >= 0.6 is 0 Å². The number of nitrogens with zero attached hydrogens (tertiary/aromatic N) is 1. The van der Waals surface area contributed by atoms with Gasteiger partial charge in [0.15, 0.2) is 0 Å². The quantitative estimate of drug-likeness (QED) is 0.722. The van der Waals surface area contributed by atoms with Crippen molar-refractivity contribution in [2.75, 3.05) is 32.8 Å². The van der Waals surface area contributed by atoms with Crippen molar-refractivity contribution in [1.29, 1.82) is 0 Å². The number of ether oxygens (including phenoxy) is 1. The molecular weight excluding hydrogens is 230 g/mol. The van der Waals surface area contributed by atoms with Gasteiger partial charge in [-0.25, -0.2) is 0 Å². The van der Waals surface area contributed by atoms with Gasteiger partial charge in [0.25, 0.3) is 0 Å². The molecular formula is C13H23N3O2. The molecule has 0 radical (unpaired) electrons. The zero-order valence-electron chi connectivity index (χ0n) is 10.9. The molecule has 2 aliphatic heterocycles. The number of nitrogens with one attached hydrogen (secondary N) is 1. The Morgan fingerprint density at radius 2 is 2.33 bits per heavy atom. The molecule has 0 aromatic heterocycles. The van der Waals surface area contributed by atoms with Crippen LogP contribution in [0.4, 0.5) is 0 Å². The zero-order valence-corrected chi connectivity index (χ0v) is 10.9. The summed E-state index contributed by atoms with van der Waals surface area (Å²) in [4.78, 5) is 14.5. The Bertz CT molecular complexity index is 330. The van der Waals surface area contributed by atoms with Gasteiger partial charge < -0.3 is 15.8 Å². The van der Waals surface area contributed by atoms with Crippen molar-refractivity contribution in [3.05, 3.63) is 0 Å². The minimum atomic E-state index is -0.245. The first-order valence-corrected chi connectivity index (χ1v) is 7.07. The van der Waals surface area contributed by atoms with E-state index in [1.807, 2.05) is 0 Å². The second-order valence-electron chi connectivity index (χ2n) is 5.94. The Hall–Kier alpha value is -0.650. The Kier molecular flexibility index (Phi) is 3.30. The first-order valence-electron chi connectivity index (χ1n) is 7.07. The molecule has 3 rings (SSSR count). The highest BCUT2D eigenvalue weighted by atomic mass is 16.5. The van der Waals surface area contributed by atoms with Crippen LogP contribution in [0.2, 0.25) is 0 Å². The highest BCUT2D eigenvalue weighted by Gasteiger charge is 2.48. The second-order valence-corrected chi connectivity index (χ2v) is 5.94. The Balaban J connectivity index is 1.45. The summed E-state index contributed by atoms with van der Waals surface area (Å²) in [6.07, 6.45) is 4.57. The molecule has 3 aliphatic rings. The number of fused-ring (bicyclic) bond motifs is 1. The topological polar surface area (TPSA) is 67.6 Å². The highest BCUT2D eigenvalue weighted by Crippen LogP contribution is 2.44. The van der Waals surface area contributed by atoms with E-state index in [0.717, 1.165) is 26.0 Å². The van der Waals surface area contributed by atoms with Crippen LogP contribution in [0.25, 0.3) is 0 Å². The molecule has 0 aromatic carbocycles. The van der Waals surface area contributed by atoms with Crippen molar-refractivity contribution < 1.29 is 9.53 Å². The van der Waals surface area contributed by atoms with Gasteiger partial charge in [0, 0.05) is 25.7 Å². The molecule has 2 saturated heterocycles. The summed E-state index contributed by atoms with van der Waals surface area (Å²) in [5.74, 6) is 0.122. The average molecular weight is 253 g/mol. The molecule has 18 heavy (non-hydrogen) atoms. The van der Waals surface area contributed by atoms with E-state index >= 15 is 0 Å². The summed E-state index contributed by atoms with van der Waals surface area (Å²) in [7, 11) is 0. The van der Waals surface area contributed by atoms with Crippen molar-refractivity contribution in [2.45, 2.75) is 37.8 Å². The summed E-state index contributed by atoms with van der Waals surface area (Å²) >= 11 is 0. The third kappa shape index (κ3) is 2.27. The van der Waals surface area contributed by atoms with Crippen LogP contribution in [0, 0.1) is 5.41 Å². The van der Waals surface area contributed by atoms with Gasteiger partial charge in [-0.2, -0.15) is 0 Å². The number of carbonyl (C=O) groups excluding carboxylic acids is 1. The fourth-order valence-electron chi connectivity index (χ4n) is 3.08. The first kappa shape index (κ1) is 12.4. The molecule has 102 valence electrons. The van der Waals surface area contributed by atoms with E-state index in [1.54, 1.807) is 0 Å². The molecule has 0 bridgehead atoms. The monoisotopic (exact) mass is 253 g/mol. The molecule has 2 unspecified atom stereocenters. The molecule has 3 N–H and O–H groups in total. The van der Waals surface area contributed by atoms with Crippen molar-refractivity contribution in [2.24, 2.45) is 11.1 Å². The van der Waals surface area contributed by atoms with Gasteiger partial charge in [-0.3, -0.25) is 9.69 Å². The lowest BCUT2D eigenvalue weighted by Crippen LogP contribution is -2.51. The number of hydrogen-bond acceptors (Lipinski definition) is 4. The van der Waals surface area contributed by atoms with Gasteiger partial charge in [-0.15, -0.1) is 0 Å². The van der Waals surface area contributed by atoms with Crippen LogP contribution < -0.4 is 11.1 Å². The van der Waals surface area contributed by atoms with E-state index in [2.05, 4.69) is 10.2 Å². The van der Waals surface area contributed by atoms with Gasteiger partial charge in [-0.05, 0) is 32.2 Å². The van der Waals surface area contributed by atoms with Crippen LogP contribution in [-0.2, 0) is 9.53 Å². The van der Waals surface area contributed by atoms with Gasteiger partial charge in [0.1, 0.15) is 0 Å². The number of rotatable bonds is 4. The summed E-state index contributed by atoms with van der Waals surface area (Å²) in [5.41, 5.74) is 5.40. The predicted molar refractivity (Wildman–Crippen MR) is 68.1 cm³/mol. The Labute approximate surface area is 108 Å². The molecule has 5 heteroatoms. The van der Waals surface area contributed by atoms with Gasteiger partial charge in [-0.1, -0.05) is 0 Å².